The van der Waals surface area contributed by atoms with E-state index in [0.717, 1.165) is 12.8 Å². The van der Waals surface area contributed by atoms with Crippen molar-refractivity contribution in [1.82, 2.24) is 10.6 Å². The number of hydrogen-bond acceptors (Lipinski definition) is 1. The van der Waals surface area contributed by atoms with Gasteiger partial charge in [-0.05, 0) is 12.8 Å². The quantitative estimate of drug-likeness (QED) is 0.467. The Bertz CT molecular complexity index is 171. The Kier molecular flexibility index (Phi) is 6.27. The summed E-state index contributed by atoms with van der Waals surface area (Å²) in [6, 6.07) is 0.439. The van der Waals surface area contributed by atoms with E-state index in [9.17, 15) is 8.78 Å². The van der Waals surface area contributed by atoms with Gasteiger partial charge in [0.1, 0.15) is 0 Å². The Balaban J connectivity index is 0.00000144. The average Bonchev–Trinajstić information content (AvgIpc) is 2.81. The van der Waals surface area contributed by atoms with E-state index in [1.54, 1.807) is 7.05 Å². The number of guanidine groups is 1. The molecule has 0 radical (unpaired) electrons. The molecular weight excluding hydrogens is 291 g/mol. The predicted octanol–water partition coefficient (Wildman–Crippen LogP) is 1.20. The molecule has 1 rings (SSSR count). The lowest BCUT2D eigenvalue weighted by Crippen LogP contribution is -2.40. The second-order valence-corrected chi connectivity index (χ2v) is 2.76. The van der Waals surface area contributed by atoms with Gasteiger partial charge in [-0.25, -0.2) is 8.78 Å². The van der Waals surface area contributed by atoms with E-state index >= 15 is 0 Å². The smallest absolute Gasteiger partial charge is 0.255 e. The van der Waals surface area contributed by atoms with Crippen molar-refractivity contribution in [2.75, 3.05) is 13.6 Å². The van der Waals surface area contributed by atoms with Gasteiger partial charge in [0, 0.05) is 13.1 Å². The number of halogens is 3. The molecule has 0 saturated heterocycles. The zero-order chi connectivity index (χ0) is 8.97. The van der Waals surface area contributed by atoms with Gasteiger partial charge in [-0.3, -0.25) is 4.99 Å². The maximum Gasteiger partial charge on any atom is 0.255 e. The number of alkyl halides is 2. The molecule has 0 heterocycles. The second kappa shape index (κ2) is 6.33. The van der Waals surface area contributed by atoms with Crippen LogP contribution in [0.3, 0.4) is 0 Å². The summed E-state index contributed by atoms with van der Waals surface area (Å²) in [6.45, 7) is -0.341. The molecule has 0 aromatic carbocycles. The fourth-order valence-corrected chi connectivity index (χ4v) is 0.789. The van der Waals surface area contributed by atoms with Gasteiger partial charge in [-0.2, -0.15) is 0 Å². The van der Waals surface area contributed by atoms with Gasteiger partial charge >= 0.3 is 0 Å². The summed E-state index contributed by atoms with van der Waals surface area (Å²) in [5.41, 5.74) is 0. The van der Waals surface area contributed by atoms with Crippen LogP contribution in [-0.2, 0) is 0 Å². The third-order valence-corrected chi connectivity index (χ3v) is 1.57. The Labute approximate surface area is 93.4 Å². The van der Waals surface area contributed by atoms with Crippen LogP contribution in [0.2, 0.25) is 0 Å². The van der Waals surface area contributed by atoms with Crippen LogP contribution < -0.4 is 10.6 Å². The van der Waals surface area contributed by atoms with E-state index in [1.165, 1.54) is 0 Å². The number of nitrogens with one attached hydrogen (secondary N) is 2. The van der Waals surface area contributed by atoms with Crippen molar-refractivity contribution < 1.29 is 8.78 Å². The predicted molar refractivity (Wildman–Crippen MR) is 58.9 cm³/mol. The van der Waals surface area contributed by atoms with Gasteiger partial charge in [0.05, 0.1) is 6.54 Å². The molecule has 1 fully saturated rings. The van der Waals surface area contributed by atoms with Crippen LogP contribution in [-0.4, -0.2) is 32.0 Å². The highest BCUT2D eigenvalue weighted by atomic mass is 127. The van der Waals surface area contributed by atoms with Crippen LogP contribution in [0.1, 0.15) is 12.8 Å². The van der Waals surface area contributed by atoms with E-state index < -0.39 is 6.43 Å². The zero-order valence-corrected chi connectivity index (χ0v) is 9.72. The minimum Gasteiger partial charge on any atom is -0.354 e. The summed E-state index contributed by atoms with van der Waals surface area (Å²) in [5.74, 6) is 0.470. The third kappa shape index (κ3) is 6.00. The Morgan fingerprint density at radius 3 is 2.54 bits per heavy atom. The molecule has 0 aliphatic heterocycles. The Hall–Kier alpha value is -0.140. The van der Waals surface area contributed by atoms with E-state index in [4.69, 9.17) is 0 Å². The minimum absolute atomic E-state index is 0. The van der Waals surface area contributed by atoms with Gasteiger partial charge in [-0.15, -0.1) is 24.0 Å². The summed E-state index contributed by atoms with van der Waals surface area (Å²) >= 11 is 0. The first kappa shape index (κ1) is 12.9. The van der Waals surface area contributed by atoms with Crippen LogP contribution in [0.15, 0.2) is 4.99 Å². The normalized spacial score (nSPS) is 16.8. The summed E-state index contributed by atoms with van der Waals surface area (Å²) in [6.07, 6.45) is -0.118. The summed E-state index contributed by atoms with van der Waals surface area (Å²) in [4.78, 5) is 3.80. The molecule has 1 saturated carbocycles. The van der Waals surface area contributed by atoms with Crippen LogP contribution in [0.5, 0.6) is 0 Å². The van der Waals surface area contributed by atoms with Crippen molar-refractivity contribution >= 4 is 29.9 Å². The molecule has 0 aromatic rings. The van der Waals surface area contributed by atoms with Crippen molar-refractivity contribution in [3.63, 3.8) is 0 Å². The first-order valence-electron chi connectivity index (χ1n) is 3.97. The molecule has 0 amide bonds. The lowest BCUT2D eigenvalue weighted by atomic mass is 10.6. The first-order valence-corrected chi connectivity index (χ1v) is 3.97. The highest BCUT2D eigenvalue weighted by Gasteiger charge is 2.22. The average molecular weight is 305 g/mol. The Morgan fingerprint density at radius 1 is 1.54 bits per heavy atom. The molecule has 1 aliphatic carbocycles. The van der Waals surface area contributed by atoms with Crippen LogP contribution >= 0.6 is 24.0 Å². The van der Waals surface area contributed by atoms with Gasteiger partial charge in [0.25, 0.3) is 6.43 Å². The highest BCUT2D eigenvalue weighted by molar-refractivity contribution is 14.0. The van der Waals surface area contributed by atoms with Gasteiger partial charge in [0.2, 0.25) is 0 Å². The largest absolute Gasteiger partial charge is 0.354 e. The molecule has 1 aliphatic rings. The van der Waals surface area contributed by atoms with Crippen molar-refractivity contribution in [3.8, 4) is 0 Å². The van der Waals surface area contributed by atoms with Crippen molar-refractivity contribution in [2.24, 2.45) is 4.99 Å². The molecule has 0 aromatic heterocycles. The maximum absolute atomic E-state index is 11.7. The number of nitrogens with zero attached hydrogens (tertiary/aromatic N) is 1. The summed E-state index contributed by atoms with van der Waals surface area (Å²) in [5, 5.41) is 5.53. The molecule has 0 bridgehead atoms. The fourth-order valence-electron chi connectivity index (χ4n) is 0.789. The van der Waals surface area contributed by atoms with Crippen molar-refractivity contribution in [2.45, 2.75) is 25.3 Å². The van der Waals surface area contributed by atoms with Crippen molar-refractivity contribution in [3.05, 3.63) is 0 Å². The zero-order valence-electron chi connectivity index (χ0n) is 7.39. The molecule has 6 heteroatoms. The molecular formula is C7H14F2IN3. The van der Waals surface area contributed by atoms with E-state index in [1.807, 2.05) is 0 Å². The van der Waals surface area contributed by atoms with Gasteiger partial charge in [-0.1, -0.05) is 0 Å². The molecule has 78 valence electrons. The Morgan fingerprint density at radius 2 is 2.15 bits per heavy atom. The van der Waals surface area contributed by atoms with Crippen LogP contribution in [0.25, 0.3) is 0 Å². The molecule has 2 N–H and O–H groups in total. The topological polar surface area (TPSA) is 36.4 Å². The lowest BCUT2D eigenvalue weighted by molar-refractivity contribution is 0.152. The van der Waals surface area contributed by atoms with E-state index in [-0.39, 0.29) is 30.5 Å². The molecule has 0 unspecified atom stereocenters. The van der Waals surface area contributed by atoms with E-state index in [0.29, 0.717) is 12.0 Å². The van der Waals surface area contributed by atoms with Gasteiger partial charge < -0.3 is 10.6 Å². The summed E-state index contributed by atoms with van der Waals surface area (Å²) in [7, 11) is 1.57. The third-order valence-electron chi connectivity index (χ3n) is 1.57. The first-order chi connectivity index (χ1) is 5.72. The fraction of sp³-hybridized carbons (Fsp3) is 0.857. The molecule has 3 nitrogen and oxygen atoms in total. The highest BCUT2D eigenvalue weighted by Crippen LogP contribution is 2.18. The SMILES string of the molecule is CN=C(NCC(F)F)NC1CC1.I. The number of aliphatic imine (C=N–C) groups is 1. The maximum atomic E-state index is 11.7. The standard InChI is InChI=1S/C7H13F2N3.HI/c1-10-7(11-4-6(8)9)12-5-2-3-5;/h5-6H,2-4H2,1H3,(H2,10,11,12);1H. The van der Waals surface area contributed by atoms with Crippen molar-refractivity contribution in [1.29, 1.82) is 0 Å². The minimum atomic E-state index is -2.33. The van der Waals surface area contributed by atoms with Crippen LogP contribution in [0.4, 0.5) is 8.78 Å². The number of rotatable bonds is 3. The lowest BCUT2D eigenvalue weighted by Gasteiger charge is -2.09. The van der Waals surface area contributed by atoms with Crippen LogP contribution in [0, 0.1) is 0 Å². The molecule has 0 spiro atoms. The number of hydrogen-bond donors (Lipinski definition) is 2. The molecule has 0 atom stereocenters. The van der Waals surface area contributed by atoms with E-state index in [2.05, 4.69) is 15.6 Å². The second-order valence-electron chi connectivity index (χ2n) is 2.76. The monoisotopic (exact) mass is 305 g/mol. The summed E-state index contributed by atoms with van der Waals surface area (Å²) < 4.78 is 23.5. The molecule has 13 heavy (non-hydrogen) atoms. The van der Waals surface area contributed by atoms with Gasteiger partial charge in [0.15, 0.2) is 5.96 Å².